The van der Waals surface area contributed by atoms with Gasteiger partial charge in [-0.3, -0.25) is 0 Å². The van der Waals surface area contributed by atoms with Crippen molar-refractivity contribution in [2.45, 2.75) is 24.5 Å². The Morgan fingerprint density at radius 2 is 1.82 bits per heavy atom. The van der Waals surface area contributed by atoms with Crippen LogP contribution in [-0.2, 0) is 4.74 Å². The number of hydrogen-bond donors (Lipinski definition) is 4. The standard InChI is InChI=1S/C11H14BrNO4/c12-6-1-3-7(4-2-6)13-11-10(16)9(15)8(5-14)17-11/h1-4,8-11,13-16H,5H2. The van der Waals surface area contributed by atoms with E-state index in [1.807, 2.05) is 24.3 Å². The van der Waals surface area contributed by atoms with Crippen LogP contribution in [0, 0.1) is 0 Å². The van der Waals surface area contributed by atoms with Crippen molar-refractivity contribution in [2.75, 3.05) is 11.9 Å². The fourth-order valence-electron chi connectivity index (χ4n) is 1.73. The summed E-state index contributed by atoms with van der Waals surface area (Å²) >= 11 is 3.32. The predicted molar refractivity (Wildman–Crippen MR) is 65.5 cm³/mol. The predicted octanol–water partition coefficient (Wildman–Crippen LogP) is 0.300. The number of nitrogens with one attached hydrogen (secondary N) is 1. The van der Waals surface area contributed by atoms with Crippen molar-refractivity contribution in [1.82, 2.24) is 0 Å². The number of hydrogen-bond acceptors (Lipinski definition) is 5. The van der Waals surface area contributed by atoms with Crippen LogP contribution in [0.15, 0.2) is 28.7 Å². The van der Waals surface area contributed by atoms with Gasteiger partial charge >= 0.3 is 0 Å². The van der Waals surface area contributed by atoms with E-state index < -0.39 is 24.5 Å². The van der Waals surface area contributed by atoms with E-state index >= 15 is 0 Å². The number of ether oxygens (including phenoxy) is 1. The maximum Gasteiger partial charge on any atom is 0.157 e. The zero-order valence-electron chi connectivity index (χ0n) is 8.95. The molecule has 0 bridgehead atoms. The lowest BCUT2D eigenvalue weighted by molar-refractivity contribution is -0.0153. The molecule has 1 fully saturated rings. The van der Waals surface area contributed by atoms with E-state index in [4.69, 9.17) is 9.84 Å². The van der Waals surface area contributed by atoms with Crippen molar-refractivity contribution >= 4 is 21.6 Å². The van der Waals surface area contributed by atoms with E-state index in [0.717, 1.165) is 10.2 Å². The van der Waals surface area contributed by atoms with Gasteiger partial charge in [0.25, 0.3) is 0 Å². The lowest BCUT2D eigenvalue weighted by Crippen LogP contribution is -2.36. The van der Waals surface area contributed by atoms with Crippen LogP contribution in [0.25, 0.3) is 0 Å². The monoisotopic (exact) mass is 303 g/mol. The summed E-state index contributed by atoms with van der Waals surface area (Å²) in [4.78, 5) is 0. The molecule has 0 aromatic heterocycles. The zero-order valence-corrected chi connectivity index (χ0v) is 10.5. The van der Waals surface area contributed by atoms with Crippen LogP contribution in [0.3, 0.4) is 0 Å². The summed E-state index contributed by atoms with van der Waals surface area (Å²) in [6, 6.07) is 7.34. The third kappa shape index (κ3) is 2.78. The van der Waals surface area contributed by atoms with Gasteiger partial charge < -0.3 is 25.4 Å². The maximum atomic E-state index is 9.72. The van der Waals surface area contributed by atoms with Crippen molar-refractivity contribution in [3.05, 3.63) is 28.7 Å². The molecule has 1 aliphatic rings. The minimum Gasteiger partial charge on any atom is -0.394 e. The number of aliphatic hydroxyl groups excluding tert-OH is 3. The average Bonchev–Trinajstić information content (AvgIpc) is 2.60. The van der Waals surface area contributed by atoms with Gasteiger partial charge in [-0.05, 0) is 24.3 Å². The number of benzene rings is 1. The minimum absolute atomic E-state index is 0.323. The highest BCUT2D eigenvalue weighted by molar-refractivity contribution is 9.10. The molecule has 0 aliphatic carbocycles. The topological polar surface area (TPSA) is 82.0 Å². The van der Waals surface area contributed by atoms with Crippen molar-refractivity contribution < 1.29 is 20.1 Å². The Balaban J connectivity index is 2.02. The first-order valence-corrected chi connectivity index (χ1v) is 6.05. The normalized spacial score (nSPS) is 32.7. The Hall–Kier alpha value is -0.660. The summed E-state index contributed by atoms with van der Waals surface area (Å²) in [6.45, 7) is -0.323. The van der Waals surface area contributed by atoms with E-state index in [2.05, 4.69) is 21.2 Å². The van der Waals surface area contributed by atoms with Crippen LogP contribution >= 0.6 is 15.9 Å². The molecule has 4 atom stereocenters. The zero-order chi connectivity index (χ0) is 12.4. The molecule has 1 aromatic carbocycles. The second-order valence-corrected chi connectivity index (χ2v) is 4.83. The van der Waals surface area contributed by atoms with Crippen LogP contribution in [0.2, 0.25) is 0 Å². The molecule has 1 heterocycles. The van der Waals surface area contributed by atoms with Gasteiger partial charge in [0.1, 0.15) is 18.3 Å². The second kappa shape index (κ2) is 5.32. The van der Waals surface area contributed by atoms with Gasteiger partial charge in [0, 0.05) is 10.2 Å². The molecule has 0 spiro atoms. The van der Waals surface area contributed by atoms with Crippen molar-refractivity contribution in [2.24, 2.45) is 0 Å². The summed E-state index contributed by atoms with van der Waals surface area (Å²) in [7, 11) is 0. The summed E-state index contributed by atoms with van der Waals surface area (Å²) < 4.78 is 6.24. The van der Waals surface area contributed by atoms with Gasteiger partial charge in [0.2, 0.25) is 0 Å². The highest BCUT2D eigenvalue weighted by Crippen LogP contribution is 2.23. The molecule has 1 saturated heterocycles. The molecular formula is C11H14BrNO4. The SMILES string of the molecule is OCC1OC(Nc2ccc(Br)cc2)C(O)C1O. The first-order valence-electron chi connectivity index (χ1n) is 5.26. The summed E-state index contributed by atoms with van der Waals surface area (Å²) in [6.07, 6.45) is -3.61. The fourth-order valence-corrected chi connectivity index (χ4v) is 1.99. The van der Waals surface area contributed by atoms with Crippen LogP contribution in [0.5, 0.6) is 0 Å². The van der Waals surface area contributed by atoms with Crippen LogP contribution in [0.1, 0.15) is 0 Å². The fraction of sp³-hybridized carbons (Fsp3) is 0.455. The number of halogens is 1. The van der Waals surface area contributed by atoms with E-state index in [1.165, 1.54) is 0 Å². The van der Waals surface area contributed by atoms with E-state index in [-0.39, 0.29) is 6.61 Å². The van der Waals surface area contributed by atoms with Crippen molar-refractivity contribution in [3.8, 4) is 0 Å². The van der Waals surface area contributed by atoms with Crippen molar-refractivity contribution in [3.63, 3.8) is 0 Å². The van der Waals surface area contributed by atoms with Gasteiger partial charge in [-0.15, -0.1) is 0 Å². The average molecular weight is 304 g/mol. The molecule has 1 aliphatic heterocycles. The molecule has 1 aromatic rings. The molecule has 94 valence electrons. The highest BCUT2D eigenvalue weighted by Gasteiger charge is 2.42. The lowest BCUT2D eigenvalue weighted by atomic mass is 10.1. The first-order chi connectivity index (χ1) is 8.11. The molecule has 0 amide bonds. The van der Waals surface area contributed by atoms with Crippen LogP contribution in [-0.4, -0.2) is 46.5 Å². The maximum absolute atomic E-state index is 9.72. The molecule has 2 rings (SSSR count). The Labute approximate surface area is 107 Å². The molecule has 5 nitrogen and oxygen atoms in total. The molecular weight excluding hydrogens is 290 g/mol. The minimum atomic E-state index is -1.08. The summed E-state index contributed by atoms with van der Waals surface area (Å²) in [5.41, 5.74) is 0.767. The van der Waals surface area contributed by atoms with Gasteiger partial charge in [-0.2, -0.15) is 0 Å². The van der Waals surface area contributed by atoms with E-state index in [1.54, 1.807) is 0 Å². The molecule has 0 radical (unpaired) electrons. The Kier molecular flexibility index (Phi) is 4.01. The van der Waals surface area contributed by atoms with Gasteiger partial charge in [-0.25, -0.2) is 0 Å². The first kappa shape index (κ1) is 12.8. The van der Waals surface area contributed by atoms with E-state index in [9.17, 15) is 10.2 Å². The number of rotatable bonds is 3. The van der Waals surface area contributed by atoms with Gasteiger partial charge in [0.15, 0.2) is 6.23 Å². The highest BCUT2D eigenvalue weighted by atomic mass is 79.9. The molecule has 4 unspecified atom stereocenters. The Bertz CT molecular complexity index is 372. The lowest BCUT2D eigenvalue weighted by Gasteiger charge is -2.17. The van der Waals surface area contributed by atoms with E-state index in [0.29, 0.717) is 0 Å². The molecule has 0 saturated carbocycles. The third-order valence-corrected chi connectivity index (χ3v) is 3.22. The summed E-state index contributed by atoms with van der Waals surface area (Å²) in [5.74, 6) is 0. The summed E-state index contributed by atoms with van der Waals surface area (Å²) in [5, 5.41) is 31.2. The quantitative estimate of drug-likeness (QED) is 0.646. The third-order valence-electron chi connectivity index (χ3n) is 2.70. The molecule has 4 N–H and O–H groups in total. The Morgan fingerprint density at radius 3 is 2.35 bits per heavy atom. The van der Waals surface area contributed by atoms with Crippen molar-refractivity contribution in [1.29, 1.82) is 0 Å². The molecule has 6 heteroatoms. The smallest absolute Gasteiger partial charge is 0.157 e. The van der Waals surface area contributed by atoms with Gasteiger partial charge in [-0.1, -0.05) is 15.9 Å². The second-order valence-electron chi connectivity index (χ2n) is 3.91. The largest absolute Gasteiger partial charge is 0.394 e. The van der Waals surface area contributed by atoms with Crippen LogP contribution < -0.4 is 5.32 Å². The number of anilines is 1. The molecule has 17 heavy (non-hydrogen) atoms. The Morgan fingerprint density at radius 1 is 1.18 bits per heavy atom. The number of aliphatic hydroxyl groups is 3. The van der Waals surface area contributed by atoms with Gasteiger partial charge in [0.05, 0.1) is 6.61 Å². The van der Waals surface area contributed by atoms with Crippen LogP contribution in [0.4, 0.5) is 5.69 Å².